The van der Waals surface area contributed by atoms with Gasteiger partial charge in [-0.2, -0.15) is 0 Å². The maximum atomic E-state index is 10.7. The Hall–Kier alpha value is -0.610. The van der Waals surface area contributed by atoms with Crippen LogP contribution in [-0.2, 0) is 14.3 Å². The maximum absolute atomic E-state index is 10.7. The number of rotatable bonds is 5. The minimum Gasteiger partial charge on any atom is -0.481 e. The van der Waals surface area contributed by atoms with E-state index in [9.17, 15) is 4.79 Å². The zero-order valence-corrected chi connectivity index (χ0v) is 11.7. The van der Waals surface area contributed by atoms with Gasteiger partial charge in [-0.25, -0.2) is 0 Å². The summed E-state index contributed by atoms with van der Waals surface area (Å²) >= 11 is 0. The van der Waals surface area contributed by atoms with Crippen LogP contribution in [0, 0.1) is 17.8 Å². The highest BCUT2D eigenvalue weighted by Gasteiger charge is 2.61. The summed E-state index contributed by atoms with van der Waals surface area (Å²) in [5.41, 5.74) is 0. The molecule has 3 aliphatic rings. The Labute approximate surface area is 114 Å². The van der Waals surface area contributed by atoms with Gasteiger partial charge in [-0.3, -0.25) is 4.79 Å². The Bertz CT molecular complexity index is 356. The molecule has 3 saturated heterocycles. The van der Waals surface area contributed by atoms with E-state index in [1.54, 1.807) is 0 Å². The van der Waals surface area contributed by atoms with E-state index in [1.165, 1.54) is 0 Å². The summed E-state index contributed by atoms with van der Waals surface area (Å²) in [4.78, 5) is 10.7. The Morgan fingerprint density at radius 1 is 1.16 bits per heavy atom. The fourth-order valence-corrected chi connectivity index (χ4v) is 4.60. The number of carboxylic acid groups (broad SMARTS) is 1. The van der Waals surface area contributed by atoms with Crippen LogP contribution in [0.5, 0.6) is 0 Å². The normalized spacial score (nSPS) is 47.6. The number of carbonyl (C=O) groups is 1. The van der Waals surface area contributed by atoms with E-state index in [2.05, 4.69) is 13.8 Å². The number of ether oxygens (including phenoxy) is 2. The second kappa shape index (κ2) is 5.06. The molecular formula is C15H24O4. The lowest BCUT2D eigenvalue weighted by Crippen LogP contribution is -2.37. The van der Waals surface area contributed by atoms with Crippen LogP contribution in [0.3, 0.4) is 0 Å². The van der Waals surface area contributed by atoms with Gasteiger partial charge >= 0.3 is 5.97 Å². The maximum Gasteiger partial charge on any atom is 0.303 e. The molecule has 0 radical (unpaired) electrons. The van der Waals surface area contributed by atoms with E-state index in [-0.39, 0.29) is 12.5 Å². The average molecular weight is 268 g/mol. The third-order valence-corrected chi connectivity index (χ3v) is 5.33. The molecule has 3 aliphatic heterocycles. The van der Waals surface area contributed by atoms with Crippen molar-refractivity contribution in [3.8, 4) is 0 Å². The van der Waals surface area contributed by atoms with Crippen molar-refractivity contribution in [3.05, 3.63) is 0 Å². The summed E-state index contributed by atoms with van der Waals surface area (Å²) in [7, 11) is 0. The lowest BCUT2D eigenvalue weighted by molar-refractivity contribution is -0.137. The predicted octanol–water partition coefficient (Wildman–Crippen LogP) is 2.46. The molecule has 0 saturated carbocycles. The minimum atomic E-state index is -0.694. The highest BCUT2D eigenvalue weighted by Crippen LogP contribution is 2.56. The van der Waals surface area contributed by atoms with Crippen LogP contribution in [0.2, 0.25) is 0 Å². The first-order valence-corrected chi connectivity index (χ1v) is 7.68. The van der Waals surface area contributed by atoms with Crippen molar-refractivity contribution in [3.63, 3.8) is 0 Å². The molecule has 0 aromatic heterocycles. The van der Waals surface area contributed by atoms with E-state index < -0.39 is 5.97 Å². The Kier molecular flexibility index (Phi) is 3.56. The molecule has 3 rings (SSSR count). The second-order valence-electron chi connectivity index (χ2n) is 6.25. The zero-order valence-electron chi connectivity index (χ0n) is 11.7. The second-order valence-corrected chi connectivity index (χ2v) is 6.25. The summed E-state index contributed by atoms with van der Waals surface area (Å²) in [6.07, 6.45) is 5.39. The molecule has 3 fully saturated rings. The van der Waals surface area contributed by atoms with Crippen LogP contribution < -0.4 is 0 Å². The fourth-order valence-electron chi connectivity index (χ4n) is 4.60. The lowest BCUT2D eigenvalue weighted by atomic mass is 9.69. The highest BCUT2D eigenvalue weighted by molar-refractivity contribution is 5.66. The molecule has 0 spiro atoms. The SMILES string of the molecule is CCC1OC(CC)C2C3OC(CC3CCC(=O)O)C12. The van der Waals surface area contributed by atoms with Crippen LogP contribution >= 0.6 is 0 Å². The van der Waals surface area contributed by atoms with Gasteiger partial charge in [0.2, 0.25) is 0 Å². The van der Waals surface area contributed by atoms with Crippen LogP contribution in [0.15, 0.2) is 0 Å². The molecule has 0 amide bonds. The van der Waals surface area contributed by atoms with E-state index in [1.807, 2.05) is 0 Å². The number of carboxylic acids is 1. The molecule has 19 heavy (non-hydrogen) atoms. The Balaban J connectivity index is 1.71. The van der Waals surface area contributed by atoms with Gasteiger partial charge < -0.3 is 14.6 Å². The topological polar surface area (TPSA) is 55.8 Å². The van der Waals surface area contributed by atoms with Gasteiger partial charge in [-0.1, -0.05) is 13.8 Å². The lowest BCUT2D eigenvalue weighted by Gasteiger charge is -2.30. The van der Waals surface area contributed by atoms with Gasteiger partial charge in [0.1, 0.15) is 0 Å². The van der Waals surface area contributed by atoms with E-state index >= 15 is 0 Å². The molecule has 1 N–H and O–H groups in total. The number of aliphatic carboxylic acids is 1. The first-order chi connectivity index (χ1) is 9.15. The number of hydrogen-bond donors (Lipinski definition) is 1. The molecule has 7 unspecified atom stereocenters. The third-order valence-electron chi connectivity index (χ3n) is 5.33. The summed E-state index contributed by atoms with van der Waals surface area (Å²) < 4.78 is 12.4. The first kappa shape index (κ1) is 13.4. The van der Waals surface area contributed by atoms with Gasteiger partial charge in [0.25, 0.3) is 0 Å². The van der Waals surface area contributed by atoms with Crippen molar-refractivity contribution in [2.45, 2.75) is 70.4 Å². The van der Waals surface area contributed by atoms with Crippen LogP contribution in [-0.4, -0.2) is 35.5 Å². The van der Waals surface area contributed by atoms with Crippen molar-refractivity contribution < 1.29 is 19.4 Å². The Morgan fingerprint density at radius 3 is 2.47 bits per heavy atom. The van der Waals surface area contributed by atoms with Crippen molar-refractivity contribution in [2.75, 3.05) is 0 Å². The summed E-state index contributed by atoms with van der Waals surface area (Å²) in [6, 6.07) is 0. The largest absolute Gasteiger partial charge is 0.481 e. The van der Waals surface area contributed by atoms with Crippen molar-refractivity contribution in [1.29, 1.82) is 0 Å². The van der Waals surface area contributed by atoms with Crippen LogP contribution in [0.4, 0.5) is 0 Å². The third kappa shape index (κ3) is 2.09. The number of fused-ring (bicyclic) bond motifs is 5. The molecule has 7 atom stereocenters. The average Bonchev–Trinajstić information content (AvgIpc) is 3.05. The monoisotopic (exact) mass is 268 g/mol. The van der Waals surface area contributed by atoms with Gasteiger partial charge in [0, 0.05) is 18.3 Å². The summed E-state index contributed by atoms with van der Waals surface area (Å²) in [5, 5.41) is 8.84. The van der Waals surface area contributed by atoms with Crippen LogP contribution in [0.1, 0.15) is 46.0 Å². The van der Waals surface area contributed by atoms with Gasteiger partial charge in [-0.05, 0) is 31.6 Å². The van der Waals surface area contributed by atoms with Crippen molar-refractivity contribution >= 4 is 5.97 Å². The van der Waals surface area contributed by atoms with Gasteiger partial charge in [0.05, 0.1) is 24.4 Å². The van der Waals surface area contributed by atoms with Crippen molar-refractivity contribution in [2.24, 2.45) is 17.8 Å². The molecule has 108 valence electrons. The Morgan fingerprint density at radius 2 is 1.84 bits per heavy atom. The summed E-state index contributed by atoms with van der Waals surface area (Å²) in [5.74, 6) is 0.796. The van der Waals surface area contributed by atoms with E-state index in [4.69, 9.17) is 14.6 Å². The number of hydrogen-bond acceptors (Lipinski definition) is 3. The molecular weight excluding hydrogens is 244 g/mol. The molecule has 0 aromatic carbocycles. The molecule has 3 heterocycles. The smallest absolute Gasteiger partial charge is 0.303 e. The molecule has 0 aliphatic carbocycles. The van der Waals surface area contributed by atoms with Crippen LogP contribution in [0.25, 0.3) is 0 Å². The fraction of sp³-hybridized carbons (Fsp3) is 0.933. The van der Waals surface area contributed by atoms with Crippen molar-refractivity contribution in [1.82, 2.24) is 0 Å². The summed E-state index contributed by atoms with van der Waals surface area (Å²) in [6.45, 7) is 4.37. The van der Waals surface area contributed by atoms with Gasteiger partial charge in [0.15, 0.2) is 0 Å². The minimum absolute atomic E-state index is 0.246. The van der Waals surface area contributed by atoms with E-state index in [0.717, 1.165) is 25.7 Å². The first-order valence-electron chi connectivity index (χ1n) is 7.68. The van der Waals surface area contributed by atoms with E-state index in [0.29, 0.717) is 36.1 Å². The molecule has 2 bridgehead atoms. The molecule has 4 heteroatoms. The zero-order chi connectivity index (χ0) is 13.6. The van der Waals surface area contributed by atoms with Gasteiger partial charge in [-0.15, -0.1) is 0 Å². The molecule has 0 aromatic rings. The quantitative estimate of drug-likeness (QED) is 0.832. The standard InChI is InChI=1S/C15H24O4/c1-3-9-13-11-7-8(5-6-12(16)17)15(19-11)14(13)10(4-2)18-9/h8-11,13-15H,3-7H2,1-2H3,(H,16,17). The molecule has 4 nitrogen and oxygen atoms in total. The predicted molar refractivity (Wildman–Crippen MR) is 69.9 cm³/mol. The highest BCUT2D eigenvalue weighted by atomic mass is 16.5.